The van der Waals surface area contributed by atoms with Crippen molar-refractivity contribution in [3.05, 3.63) is 42.1 Å². The van der Waals surface area contributed by atoms with Gasteiger partial charge in [0.1, 0.15) is 5.54 Å². The highest BCUT2D eigenvalue weighted by molar-refractivity contribution is 6.07. The molecule has 2 aliphatic heterocycles. The van der Waals surface area contributed by atoms with Gasteiger partial charge in [-0.15, -0.1) is 0 Å². The second-order valence-electron chi connectivity index (χ2n) is 7.37. The molecule has 1 unspecified atom stereocenters. The van der Waals surface area contributed by atoms with Gasteiger partial charge in [-0.05, 0) is 44.2 Å². The van der Waals surface area contributed by atoms with E-state index in [4.69, 9.17) is 0 Å². The Bertz CT molecular complexity index is 843. The van der Waals surface area contributed by atoms with Gasteiger partial charge in [0.2, 0.25) is 5.91 Å². The highest BCUT2D eigenvalue weighted by atomic mass is 16.2. The van der Waals surface area contributed by atoms with Crippen LogP contribution in [0.1, 0.15) is 49.4 Å². The van der Waals surface area contributed by atoms with Crippen molar-refractivity contribution in [3.63, 3.8) is 0 Å². The number of piperidine rings is 1. The number of aromatic nitrogens is 1. The normalized spacial score (nSPS) is 23.2. The third-order valence-corrected chi connectivity index (χ3v) is 5.79. The molecule has 2 aromatic rings. The number of para-hydroxylation sites is 1. The summed E-state index contributed by atoms with van der Waals surface area (Å²) in [5, 5.41) is 0.953. The second-order valence-corrected chi connectivity index (χ2v) is 7.37. The van der Waals surface area contributed by atoms with Crippen LogP contribution in [0.5, 0.6) is 0 Å². The first-order valence-electron chi connectivity index (χ1n) is 9.62. The Balaban J connectivity index is 1.72. The predicted molar refractivity (Wildman–Crippen MR) is 101 cm³/mol. The molecule has 2 fully saturated rings. The van der Waals surface area contributed by atoms with Gasteiger partial charge in [-0.25, -0.2) is 0 Å². The minimum absolute atomic E-state index is 0.0569. The number of rotatable bonds is 3. The van der Waals surface area contributed by atoms with Gasteiger partial charge in [-0.1, -0.05) is 25.1 Å². The summed E-state index contributed by atoms with van der Waals surface area (Å²) in [4.78, 5) is 35.0. The van der Waals surface area contributed by atoms with E-state index in [1.54, 1.807) is 6.20 Å². The molecule has 0 aliphatic carbocycles. The molecule has 0 radical (unpaired) electrons. The molecule has 0 N–H and O–H groups in total. The number of hydrogen-bond acceptors (Lipinski definition) is 3. The predicted octanol–water partition coefficient (Wildman–Crippen LogP) is 3.24. The number of carbonyl (C=O) groups excluding carboxylic acids is 2. The fourth-order valence-electron chi connectivity index (χ4n) is 4.63. The van der Waals surface area contributed by atoms with Gasteiger partial charge in [0.05, 0.1) is 11.1 Å². The SMILES string of the molecule is CCCN1CCCC2(CCCN2C(=O)c2cccc3cccnc23)C1=O. The number of fused-ring (bicyclic) bond motifs is 1. The first-order chi connectivity index (χ1) is 12.7. The lowest BCUT2D eigenvalue weighted by molar-refractivity contribution is -0.145. The van der Waals surface area contributed by atoms with Crippen molar-refractivity contribution in [3.8, 4) is 0 Å². The third-order valence-electron chi connectivity index (χ3n) is 5.79. The van der Waals surface area contributed by atoms with E-state index < -0.39 is 5.54 Å². The molecule has 0 saturated carbocycles. The number of pyridine rings is 1. The van der Waals surface area contributed by atoms with Crippen LogP contribution in [0.4, 0.5) is 0 Å². The molecular formula is C21H25N3O2. The Kier molecular flexibility index (Phi) is 4.39. The summed E-state index contributed by atoms with van der Waals surface area (Å²) >= 11 is 0. The Morgan fingerprint density at radius 1 is 1.15 bits per heavy atom. The summed E-state index contributed by atoms with van der Waals surface area (Å²) in [6.45, 7) is 4.33. The molecule has 2 amide bonds. The van der Waals surface area contributed by atoms with E-state index >= 15 is 0 Å². The van der Waals surface area contributed by atoms with E-state index in [1.165, 1.54) is 0 Å². The topological polar surface area (TPSA) is 53.5 Å². The summed E-state index contributed by atoms with van der Waals surface area (Å²) in [6.07, 6.45) is 6.06. The van der Waals surface area contributed by atoms with E-state index in [9.17, 15) is 9.59 Å². The largest absolute Gasteiger partial charge is 0.341 e. The van der Waals surface area contributed by atoms with E-state index in [0.29, 0.717) is 12.1 Å². The van der Waals surface area contributed by atoms with E-state index in [2.05, 4.69) is 11.9 Å². The van der Waals surface area contributed by atoms with Crippen molar-refractivity contribution in [2.75, 3.05) is 19.6 Å². The average Bonchev–Trinajstić information content (AvgIpc) is 3.09. The molecule has 2 saturated heterocycles. The molecule has 5 nitrogen and oxygen atoms in total. The van der Waals surface area contributed by atoms with Crippen LogP contribution in [0.2, 0.25) is 0 Å². The van der Waals surface area contributed by atoms with Crippen LogP contribution < -0.4 is 0 Å². The summed E-state index contributed by atoms with van der Waals surface area (Å²) in [6, 6.07) is 9.54. The maximum Gasteiger partial charge on any atom is 0.256 e. The lowest BCUT2D eigenvalue weighted by atomic mass is 9.85. The lowest BCUT2D eigenvalue weighted by Crippen LogP contribution is -2.61. The lowest BCUT2D eigenvalue weighted by Gasteiger charge is -2.44. The zero-order valence-corrected chi connectivity index (χ0v) is 15.3. The van der Waals surface area contributed by atoms with E-state index in [1.807, 2.05) is 40.1 Å². The molecule has 1 atom stereocenters. The van der Waals surface area contributed by atoms with Gasteiger partial charge in [0.15, 0.2) is 0 Å². The fourth-order valence-corrected chi connectivity index (χ4v) is 4.63. The van der Waals surface area contributed by atoms with Gasteiger partial charge in [0, 0.05) is 31.2 Å². The maximum absolute atomic E-state index is 13.5. The smallest absolute Gasteiger partial charge is 0.256 e. The zero-order chi connectivity index (χ0) is 18.1. The molecule has 1 aromatic carbocycles. The molecule has 4 rings (SSSR count). The fraction of sp³-hybridized carbons (Fsp3) is 0.476. The quantitative estimate of drug-likeness (QED) is 0.853. The van der Waals surface area contributed by atoms with Crippen molar-refractivity contribution >= 4 is 22.7 Å². The third kappa shape index (κ3) is 2.57. The molecule has 1 aromatic heterocycles. The van der Waals surface area contributed by atoms with Crippen LogP contribution in [0.15, 0.2) is 36.5 Å². The number of carbonyl (C=O) groups is 2. The van der Waals surface area contributed by atoms with Crippen LogP contribution in [-0.2, 0) is 4.79 Å². The maximum atomic E-state index is 13.5. The van der Waals surface area contributed by atoms with Gasteiger partial charge < -0.3 is 9.80 Å². The van der Waals surface area contributed by atoms with Crippen LogP contribution in [0.3, 0.4) is 0 Å². The summed E-state index contributed by atoms with van der Waals surface area (Å²) in [5.74, 6) is 0.0862. The summed E-state index contributed by atoms with van der Waals surface area (Å²) in [7, 11) is 0. The standard InChI is InChI=1S/C21H25N3O2/c1-2-13-23-14-5-10-21(20(23)26)11-6-15-24(21)19(25)17-9-3-7-16-8-4-12-22-18(16)17/h3-4,7-9,12H,2,5-6,10-11,13-15H2,1H3. The van der Waals surface area contributed by atoms with Crippen LogP contribution in [-0.4, -0.2) is 51.8 Å². The molecule has 2 aliphatic rings. The molecule has 1 spiro atoms. The van der Waals surface area contributed by atoms with Crippen molar-refractivity contribution in [2.45, 2.75) is 44.6 Å². The molecule has 26 heavy (non-hydrogen) atoms. The van der Waals surface area contributed by atoms with Crippen LogP contribution in [0, 0.1) is 0 Å². The summed E-state index contributed by atoms with van der Waals surface area (Å²) < 4.78 is 0. The molecule has 5 heteroatoms. The van der Waals surface area contributed by atoms with Crippen molar-refractivity contribution in [1.29, 1.82) is 0 Å². The average molecular weight is 351 g/mol. The number of hydrogen-bond donors (Lipinski definition) is 0. The van der Waals surface area contributed by atoms with Crippen LogP contribution >= 0.6 is 0 Å². The Morgan fingerprint density at radius 2 is 1.92 bits per heavy atom. The number of nitrogens with zero attached hydrogens (tertiary/aromatic N) is 3. The number of likely N-dealkylation sites (tertiary alicyclic amines) is 2. The molecule has 0 bridgehead atoms. The van der Waals surface area contributed by atoms with E-state index in [0.717, 1.165) is 56.1 Å². The van der Waals surface area contributed by atoms with Crippen LogP contribution in [0.25, 0.3) is 10.9 Å². The Hall–Kier alpha value is -2.43. The molecule has 136 valence electrons. The van der Waals surface area contributed by atoms with Crippen molar-refractivity contribution in [1.82, 2.24) is 14.8 Å². The van der Waals surface area contributed by atoms with Gasteiger partial charge in [-0.2, -0.15) is 0 Å². The van der Waals surface area contributed by atoms with E-state index in [-0.39, 0.29) is 11.8 Å². The minimum atomic E-state index is -0.651. The minimum Gasteiger partial charge on any atom is -0.341 e. The number of amides is 2. The van der Waals surface area contributed by atoms with Gasteiger partial charge >= 0.3 is 0 Å². The molecular weight excluding hydrogens is 326 g/mol. The first kappa shape index (κ1) is 17.0. The highest BCUT2D eigenvalue weighted by Gasteiger charge is 2.52. The highest BCUT2D eigenvalue weighted by Crippen LogP contribution is 2.39. The monoisotopic (exact) mass is 351 g/mol. The van der Waals surface area contributed by atoms with Gasteiger partial charge in [-0.3, -0.25) is 14.6 Å². The summed E-state index contributed by atoms with van der Waals surface area (Å²) in [5.41, 5.74) is 0.669. The second kappa shape index (κ2) is 6.71. The number of benzene rings is 1. The van der Waals surface area contributed by atoms with Crippen molar-refractivity contribution in [2.24, 2.45) is 0 Å². The Morgan fingerprint density at radius 3 is 2.73 bits per heavy atom. The molecule has 3 heterocycles. The zero-order valence-electron chi connectivity index (χ0n) is 15.3. The Labute approximate surface area is 154 Å². The van der Waals surface area contributed by atoms with Gasteiger partial charge in [0.25, 0.3) is 5.91 Å². The van der Waals surface area contributed by atoms with Crippen molar-refractivity contribution < 1.29 is 9.59 Å². The first-order valence-corrected chi connectivity index (χ1v) is 9.62.